The summed E-state index contributed by atoms with van der Waals surface area (Å²) in [6.45, 7) is 0.0176. The molecular weight excluding hydrogens is 304 g/mol. The van der Waals surface area contributed by atoms with E-state index in [0.29, 0.717) is 5.56 Å². The summed E-state index contributed by atoms with van der Waals surface area (Å²) in [4.78, 5) is 35.1. The van der Waals surface area contributed by atoms with E-state index in [1.165, 1.54) is 0 Å². The summed E-state index contributed by atoms with van der Waals surface area (Å²) < 4.78 is 0. The number of carbonyl (C=O) groups is 2. The fraction of sp³-hybridized carbons (Fsp3) is 0.333. The van der Waals surface area contributed by atoms with Gasteiger partial charge in [0.2, 0.25) is 5.91 Å². The molecule has 1 aromatic carbocycles. The van der Waals surface area contributed by atoms with Gasteiger partial charge in [-0.15, -0.1) is 0 Å². The van der Waals surface area contributed by atoms with Crippen LogP contribution in [0.1, 0.15) is 40.5 Å². The zero-order chi connectivity index (χ0) is 16.5. The molecule has 2 aliphatic heterocycles. The van der Waals surface area contributed by atoms with Gasteiger partial charge in [0, 0.05) is 29.8 Å². The van der Waals surface area contributed by atoms with E-state index in [9.17, 15) is 9.59 Å². The van der Waals surface area contributed by atoms with E-state index in [1.807, 2.05) is 17.2 Å². The quantitative estimate of drug-likeness (QED) is 0.929. The second-order valence-corrected chi connectivity index (χ2v) is 6.23. The molecular formula is C18H18N4O2. The highest BCUT2D eigenvalue weighted by Crippen LogP contribution is 2.42. The van der Waals surface area contributed by atoms with Crippen LogP contribution >= 0.6 is 0 Å². The Bertz CT molecular complexity index is 778. The van der Waals surface area contributed by atoms with Gasteiger partial charge in [-0.1, -0.05) is 18.2 Å². The van der Waals surface area contributed by atoms with E-state index < -0.39 is 0 Å². The summed E-state index contributed by atoms with van der Waals surface area (Å²) in [5, 5.41) is 2.73. The lowest BCUT2D eigenvalue weighted by Gasteiger charge is -2.35. The smallest absolute Gasteiger partial charge is 0.251 e. The number of nitrogens with zero attached hydrogens (tertiary/aromatic N) is 3. The van der Waals surface area contributed by atoms with Crippen molar-refractivity contribution in [2.75, 3.05) is 6.54 Å². The monoisotopic (exact) mass is 322 g/mol. The van der Waals surface area contributed by atoms with Crippen molar-refractivity contribution in [2.24, 2.45) is 0 Å². The van der Waals surface area contributed by atoms with Crippen LogP contribution in [0, 0.1) is 0 Å². The summed E-state index contributed by atoms with van der Waals surface area (Å²) >= 11 is 0. The maximum Gasteiger partial charge on any atom is 0.251 e. The number of fused-ring (bicyclic) bond motifs is 4. The summed E-state index contributed by atoms with van der Waals surface area (Å²) in [5.41, 5.74) is 2.66. The first kappa shape index (κ1) is 14.8. The first-order valence-electron chi connectivity index (χ1n) is 8.17. The summed E-state index contributed by atoms with van der Waals surface area (Å²) in [5.74, 6) is -0.265. The maximum atomic E-state index is 12.7. The van der Waals surface area contributed by atoms with Gasteiger partial charge in [-0.25, -0.2) is 9.97 Å². The average Bonchev–Trinajstić information content (AvgIpc) is 2.95. The van der Waals surface area contributed by atoms with Crippen molar-refractivity contribution < 1.29 is 9.59 Å². The van der Waals surface area contributed by atoms with Gasteiger partial charge in [-0.05, 0) is 25.0 Å². The molecule has 1 fully saturated rings. The minimum atomic E-state index is -0.225. The van der Waals surface area contributed by atoms with E-state index >= 15 is 0 Å². The van der Waals surface area contributed by atoms with Gasteiger partial charge in [0.25, 0.3) is 5.91 Å². The molecule has 4 rings (SSSR count). The lowest BCUT2D eigenvalue weighted by Crippen LogP contribution is -2.46. The van der Waals surface area contributed by atoms with Crippen molar-refractivity contribution in [3.05, 3.63) is 59.7 Å². The first-order chi connectivity index (χ1) is 11.7. The molecule has 1 aromatic heterocycles. The number of hydrogen-bond donors (Lipinski definition) is 1. The predicted octanol–water partition coefficient (Wildman–Crippen LogP) is 1.49. The van der Waals surface area contributed by atoms with Crippen LogP contribution in [0.4, 0.5) is 0 Å². The van der Waals surface area contributed by atoms with Crippen LogP contribution in [0.25, 0.3) is 0 Å². The fourth-order valence-corrected chi connectivity index (χ4v) is 3.74. The second-order valence-electron chi connectivity index (χ2n) is 6.23. The summed E-state index contributed by atoms with van der Waals surface area (Å²) in [6.07, 6.45) is 6.06. The molecule has 1 N–H and O–H groups in total. The SMILES string of the molecule is O=C(NCC(=O)N1C2CCC1c1cncnc1C2)c1ccccc1. The Kier molecular flexibility index (Phi) is 3.72. The highest BCUT2D eigenvalue weighted by atomic mass is 16.2. The van der Waals surface area contributed by atoms with Crippen molar-refractivity contribution in [3.8, 4) is 0 Å². The number of aromatic nitrogens is 2. The van der Waals surface area contributed by atoms with Crippen LogP contribution in [0.3, 0.4) is 0 Å². The van der Waals surface area contributed by atoms with Gasteiger partial charge in [0.15, 0.2) is 0 Å². The van der Waals surface area contributed by atoms with E-state index in [0.717, 1.165) is 30.5 Å². The topological polar surface area (TPSA) is 75.2 Å². The first-order valence-corrected chi connectivity index (χ1v) is 8.17. The van der Waals surface area contributed by atoms with Gasteiger partial charge in [0.05, 0.1) is 18.3 Å². The largest absolute Gasteiger partial charge is 0.343 e. The van der Waals surface area contributed by atoms with Crippen molar-refractivity contribution >= 4 is 11.8 Å². The minimum Gasteiger partial charge on any atom is -0.343 e. The molecule has 2 aliphatic rings. The Labute approximate surface area is 139 Å². The van der Waals surface area contributed by atoms with Crippen molar-refractivity contribution in [1.82, 2.24) is 20.2 Å². The Morgan fingerprint density at radius 1 is 1.21 bits per heavy atom. The summed E-state index contributed by atoms with van der Waals surface area (Å²) in [6, 6.07) is 9.15. The van der Waals surface area contributed by atoms with Gasteiger partial charge in [-0.3, -0.25) is 9.59 Å². The lowest BCUT2D eigenvalue weighted by atomic mass is 9.99. The van der Waals surface area contributed by atoms with Crippen molar-refractivity contribution in [1.29, 1.82) is 0 Å². The molecule has 1 saturated heterocycles. The molecule has 6 nitrogen and oxygen atoms in total. The Balaban J connectivity index is 1.45. The normalized spacial score (nSPS) is 21.2. The molecule has 2 atom stereocenters. The Morgan fingerprint density at radius 2 is 2.04 bits per heavy atom. The molecule has 2 aromatic rings. The lowest BCUT2D eigenvalue weighted by molar-refractivity contribution is -0.133. The molecule has 0 radical (unpaired) electrons. The number of amides is 2. The van der Waals surface area contributed by atoms with Gasteiger partial charge in [-0.2, -0.15) is 0 Å². The molecule has 0 spiro atoms. The van der Waals surface area contributed by atoms with Crippen LogP contribution in [0.15, 0.2) is 42.9 Å². The van der Waals surface area contributed by atoms with E-state index in [-0.39, 0.29) is 30.4 Å². The molecule has 0 saturated carbocycles. The van der Waals surface area contributed by atoms with Crippen molar-refractivity contribution in [2.45, 2.75) is 31.3 Å². The van der Waals surface area contributed by atoms with Crippen molar-refractivity contribution in [3.63, 3.8) is 0 Å². The Hall–Kier alpha value is -2.76. The van der Waals surface area contributed by atoms with Crippen LogP contribution in [-0.4, -0.2) is 39.3 Å². The zero-order valence-corrected chi connectivity index (χ0v) is 13.2. The highest BCUT2D eigenvalue weighted by Gasteiger charge is 2.42. The van der Waals surface area contributed by atoms with Crippen LogP contribution < -0.4 is 5.32 Å². The molecule has 2 bridgehead atoms. The van der Waals surface area contributed by atoms with Gasteiger partial charge >= 0.3 is 0 Å². The van der Waals surface area contributed by atoms with E-state index in [4.69, 9.17) is 0 Å². The summed E-state index contributed by atoms with van der Waals surface area (Å²) in [7, 11) is 0. The minimum absolute atomic E-state index is 0.0176. The molecule has 0 aliphatic carbocycles. The van der Waals surface area contributed by atoms with Gasteiger partial charge in [0.1, 0.15) is 6.33 Å². The number of nitrogens with one attached hydrogen (secondary N) is 1. The second kappa shape index (κ2) is 6.03. The molecule has 2 amide bonds. The van der Waals surface area contributed by atoms with E-state index in [2.05, 4.69) is 15.3 Å². The maximum absolute atomic E-state index is 12.7. The molecule has 6 heteroatoms. The molecule has 24 heavy (non-hydrogen) atoms. The number of carbonyl (C=O) groups excluding carboxylic acids is 2. The van der Waals surface area contributed by atoms with E-state index in [1.54, 1.807) is 30.6 Å². The van der Waals surface area contributed by atoms with Crippen LogP contribution in [0.5, 0.6) is 0 Å². The zero-order valence-electron chi connectivity index (χ0n) is 13.2. The Morgan fingerprint density at radius 3 is 2.88 bits per heavy atom. The average molecular weight is 322 g/mol. The molecule has 3 heterocycles. The number of rotatable bonds is 3. The third-order valence-corrected chi connectivity index (χ3v) is 4.84. The predicted molar refractivity (Wildman–Crippen MR) is 87.1 cm³/mol. The number of hydrogen-bond acceptors (Lipinski definition) is 4. The van der Waals surface area contributed by atoms with Crippen LogP contribution in [0.2, 0.25) is 0 Å². The van der Waals surface area contributed by atoms with Crippen LogP contribution in [-0.2, 0) is 11.2 Å². The van der Waals surface area contributed by atoms with Gasteiger partial charge < -0.3 is 10.2 Å². The third kappa shape index (κ3) is 2.54. The standard InChI is InChI=1S/C18H18N4O2/c23-17(10-20-18(24)12-4-2-1-3-5-12)22-13-6-7-16(22)14-9-19-11-21-15(14)8-13/h1-5,9,11,13,16H,6-8,10H2,(H,20,24). The fourth-order valence-electron chi connectivity index (χ4n) is 3.74. The number of benzene rings is 1. The molecule has 122 valence electrons. The highest BCUT2D eigenvalue weighted by molar-refractivity contribution is 5.96. The third-order valence-electron chi connectivity index (χ3n) is 4.84. The molecule has 2 unspecified atom stereocenters.